The summed E-state index contributed by atoms with van der Waals surface area (Å²) in [6, 6.07) is 14.2. The van der Waals surface area contributed by atoms with Crippen LogP contribution in [0.3, 0.4) is 0 Å². The summed E-state index contributed by atoms with van der Waals surface area (Å²) in [5.74, 6) is -0.428. The highest BCUT2D eigenvalue weighted by Crippen LogP contribution is 2.34. The van der Waals surface area contributed by atoms with Crippen LogP contribution in [0.5, 0.6) is 0 Å². The number of nitrogens with zero attached hydrogens (tertiary/aromatic N) is 1. The van der Waals surface area contributed by atoms with E-state index in [1.54, 1.807) is 18.2 Å². The summed E-state index contributed by atoms with van der Waals surface area (Å²) < 4.78 is 39.2. The minimum atomic E-state index is -4.65. The molecule has 0 aliphatic carbocycles. The number of benzene rings is 3. The molecule has 1 atom stereocenters. The molecule has 0 aromatic heterocycles. The Morgan fingerprint density at radius 3 is 2.54 bits per heavy atom. The molecule has 4 N–H and O–H groups in total. The first kappa shape index (κ1) is 30.5. The molecule has 3 aromatic rings. The minimum absolute atomic E-state index is 0.0233. The maximum atomic E-state index is 13.1. The van der Waals surface area contributed by atoms with Crippen molar-refractivity contribution in [2.45, 2.75) is 18.0 Å². The Morgan fingerprint density at radius 2 is 1.82 bits per heavy atom. The summed E-state index contributed by atoms with van der Waals surface area (Å²) in [5.41, 5.74) is 2.47. The molecule has 7 nitrogen and oxygen atoms in total. The van der Waals surface area contributed by atoms with Gasteiger partial charge in [0, 0.05) is 22.1 Å². The van der Waals surface area contributed by atoms with Crippen LogP contribution in [0.1, 0.15) is 37.4 Å². The van der Waals surface area contributed by atoms with E-state index in [0.29, 0.717) is 17.1 Å². The number of aliphatic hydroxyl groups excluding tert-OH is 2. The molecule has 0 saturated heterocycles. The first-order chi connectivity index (χ1) is 18.5. The van der Waals surface area contributed by atoms with Gasteiger partial charge in [0.15, 0.2) is 0 Å². The molecule has 2 amide bonds. The number of alkyl halides is 3. The molecule has 0 aliphatic rings. The van der Waals surface area contributed by atoms with Gasteiger partial charge in [-0.15, -0.1) is 0 Å². The van der Waals surface area contributed by atoms with Gasteiger partial charge in [-0.3, -0.25) is 9.59 Å². The fraction of sp³-hybridized carbons (Fsp3) is 0.192. The third-order valence-corrected chi connectivity index (χ3v) is 6.85. The zero-order valence-corrected chi connectivity index (χ0v) is 22.3. The number of nitrogens with one attached hydrogen (secondary N) is 2. The number of rotatable bonds is 10. The Kier molecular flexibility index (Phi) is 10.8. The van der Waals surface area contributed by atoms with Crippen molar-refractivity contribution in [1.29, 1.82) is 0 Å². The average molecular weight is 600 g/mol. The van der Waals surface area contributed by atoms with Crippen LogP contribution in [0, 0.1) is 0 Å². The van der Waals surface area contributed by atoms with E-state index in [0.717, 1.165) is 23.9 Å². The van der Waals surface area contributed by atoms with Crippen LogP contribution in [0.2, 0.25) is 10.0 Å². The van der Waals surface area contributed by atoms with E-state index in [1.807, 2.05) is 6.07 Å². The van der Waals surface area contributed by atoms with Crippen molar-refractivity contribution in [3.05, 3.63) is 98.5 Å². The van der Waals surface area contributed by atoms with Crippen LogP contribution in [-0.4, -0.2) is 46.7 Å². The Hall–Kier alpha value is -3.09. The Bertz CT molecular complexity index is 1370. The summed E-state index contributed by atoms with van der Waals surface area (Å²) >= 11 is 13.0. The molecule has 0 spiro atoms. The van der Waals surface area contributed by atoms with Crippen molar-refractivity contribution in [2.24, 2.45) is 5.10 Å². The summed E-state index contributed by atoms with van der Waals surface area (Å²) in [4.78, 5) is 25.7. The number of amides is 2. The smallest absolute Gasteiger partial charge is 0.394 e. The van der Waals surface area contributed by atoms with Crippen LogP contribution in [-0.2, 0) is 11.9 Å². The second-order valence-electron chi connectivity index (χ2n) is 8.13. The fourth-order valence-electron chi connectivity index (χ4n) is 3.24. The fourth-order valence-corrected chi connectivity index (χ4v) is 4.55. The number of aliphatic hydroxyl groups is 2. The lowest BCUT2D eigenvalue weighted by molar-refractivity contribution is -0.137. The number of anilines is 1. The lowest BCUT2D eigenvalue weighted by Gasteiger charge is -2.12. The lowest BCUT2D eigenvalue weighted by Crippen LogP contribution is -2.21. The number of thioether (sulfide) groups is 1. The van der Waals surface area contributed by atoms with Crippen LogP contribution in [0.4, 0.5) is 18.9 Å². The number of carbonyl (C=O) groups excluding carboxylic acids is 2. The van der Waals surface area contributed by atoms with E-state index in [4.69, 9.17) is 28.3 Å². The third kappa shape index (κ3) is 8.97. The third-order valence-electron chi connectivity index (χ3n) is 5.13. The highest BCUT2D eigenvalue weighted by Gasteiger charge is 2.33. The molecule has 0 radical (unpaired) electrons. The molecule has 0 fully saturated rings. The van der Waals surface area contributed by atoms with Crippen molar-refractivity contribution in [3.8, 4) is 0 Å². The van der Waals surface area contributed by atoms with E-state index < -0.39 is 34.7 Å². The molecule has 3 aromatic carbocycles. The van der Waals surface area contributed by atoms with Gasteiger partial charge in [-0.25, -0.2) is 5.43 Å². The first-order valence-electron chi connectivity index (χ1n) is 11.2. The van der Waals surface area contributed by atoms with Crippen molar-refractivity contribution < 1.29 is 33.0 Å². The van der Waals surface area contributed by atoms with Gasteiger partial charge in [-0.2, -0.15) is 30.0 Å². The standard InChI is InChI=1S/C26H22Cl2F3N3O4S/c27-18-5-7-23(33-24(37)17-3-1-2-16(8-17)13-39-14-19(36)12-35)20(10-18)25(38)34-32-11-15-4-6-22(28)21(9-15)26(29,30)31/h1-11,19,35-36H,12-14H2,(H,33,37)(H,34,38)/b32-11-. The first-order valence-corrected chi connectivity index (χ1v) is 13.2. The van der Waals surface area contributed by atoms with Crippen molar-refractivity contribution in [3.63, 3.8) is 0 Å². The maximum absolute atomic E-state index is 13.1. The number of hydrogen-bond acceptors (Lipinski definition) is 6. The minimum Gasteiger partial charge on any atom is -0.394 e. The molecular formula is C26H22Cl2F3N3O4S. The maximum Gasteiger partial charge on any atom is 0.417 e. The van der Waals surface area contributed by atoms with Crippen LogP contribution < -0.4 is 10.7 Å². The highest BCUT2D eigenvalue weighted by atomic mass is 35.5. The van der Waals surface area contributed by atoms with Crippen LogP contribution in [0.25, 0.3) is 0 Å². The Morgan fingerprint density at radius 1 is 1.05 bits per heavy atom. The molecule has 0 saturated carbocycles. The summed E-state index contributed by atoms with van der Waals surface area (Å²) in [6.07, 6.45) is -4.46. The second kappa shape index (κ2) is 13.8. The van der Waals surface area contributed by atoms with Gasteiger partial charge in [0.05, 0.1) is 40.8 Å². The second-order valence-corrected chi connectivity index (χ2v) is 10.0. The molecular weight excluding hydrogens is 578 g/mol. The van der Waals surface area contributed by atoms with Gasteiger partial charge in [-0.05, 0) is 53.6 Å². The van der Waals surface area contributed by atoms with Gasteiger partial charge in [-0.1, -0.05) is 41.4 Å². The zero-order chi connectivity index (χ0) is 28.6. The van der Waals surface area contributed by atoms with Gasteiger partial charge in [0.1, 0.15) is 0 Å². The zero-order valence-electron chi connectivity index (χ0n) is 20.0. The van der Waals surface area contributed by atoms with Crippen LogP contribution in [0.15, 0.2) is 65.8 Å². The van der Waals surface area contributed by atoms with Gasteiger partial charge in [0.2, 0.25) is 0 Å². The summed E-state index contributed by atoms with van der Waals surface area (Å²) in [6.45, 7) is -0.335. The SMILES string of the molecule is O=C(Nc1ccc(Cl)cc1C(=O)N/N=C\c1ccc(Cl)c(C(F)(F)F)c1)c1cccc(CSCC(O)CO)c1. The molecule has 206 valence electrons. The predicted molar refractivity (Wildman–Crippen MR) is 147 cm³/mol. The Labute approximate surface area is 236 Å². The monoisotopic (exact) mass is 599 g/mol. The Balaban J connectivity index is 1.71. The molecule has 39 heavy (non-hydrogen) atoms. The van der Waals surface area contributed by atoms with Crippen molar-refractivity contribution in [2.75, 3.05) is 17.7 Å². The quantitative estimate of drug-likeness (QED) is 0.179. The van der Waals surface area contributed by atoms with Crippen molar-refractivity contribution in [1.82, 2.24) is 5.43 Å². The van der Waals surface area contributed by atoms with E-state index in [-0.39, 0.29) is 28.4 Å². The molecule has 0 bridgehead atoms. The highest BCUT2D eigenvalue weighted by molar-refractivity contribution is 7.98. The van der Waals surface area contributed by atoms with Gasteiger partial charge >= 0.3 is 6.18 Å². The number of hydrazone groups is 1. The average Bonchev–Trinajstić information content (AvgIpc) is 2.89. The van der Waals surface area contributed by atoms with E-state index in [1.165, 1.54) is 36.0 Å². The topological polar surface area (TPSA) is 111 Å². The number of carbonyl (C=O) groups is 2. The van der Waals surface area contributed by atoms with E-state index in [2.05, 4.69) is 15.8 Å². The molecule has 13 heteroatoms. The normalized spacial score (nSPS) is 12.4. The van der Waals surface area contributed by atoms with Gasteiger partial charge < -0.3 is 15.5 Å². The predicted octanol–water partition coefficient (Wildman–Crippen LogP) is 5.61. The largest absolute Gasteiger partial charge is 0.417 e. The molecule has 0 heterocycles. The van der Waals surface area contributed by atoms with E-state index >= 15 is 0 Å². The summed E-state index contributed by atoms with van der Waals surface area (Å²) in [7, 11) is 0. The molecule has 3 rings (SSSR count). The summed E-state index contributed by atoms with van der Waals surface area (Å²) in [5, 5.41) is 24.5. The van der Waals surface area contributed by atoms with Crippen LogP contribution >= 0.6 is 35.0 Å². The molecule has 0 aliphatic heterocycles. The molecule has 1 unspecified atom stereocenters. The van der Waals surface area contributed by atoms with Crippen molar-refractivity contribution >= 4 is 58.7 Å². The number of halogens is 5. The lowest BCUT2D eigenvalue weighted by atomic mass is 10.1. The van der Waals surface area contributed by atoms with E-state index in [9.17, 15) is 27.9 Å². The van der Waals surface area contributed by atoms with Gasteiger partial charge in [0.25, 0.3) is 11.8 Å². The number of hydrogen-bond donors (Lipinski definition) is 4.